The van der Waals surface area contributed by atoms with Gasteiger partial charge in [-0.25, -0.2) is 4.99 Å². The number of Topliss-reactive ketones (excluding diaryl/α,β-unsaturated/α-hetero) is 1. The first-order valence-corrected chi connectivity index (χ1v) is 7.36. The summed E-state index contributed by atoms with van der Waals surface area (Å²) in [7, 11) is 0. The Hall–Kier alpha value is -2.35. The molecule has 0 saturated carbocycles. The number of amidine groups is 1. The molecule has 0 saturated heterocycles. The minimum Gasteiger partial charge on any atom is -0.733 e. The van der Waals surface area contributed by atoms with Crippen molar-refractivity contribution in [1.82, 2.24) is 0 Å². The van der Waals surface area contributed by atoms with Gasteiger partial charge in [0.1, 0.15) is 0 Å². The van der Waals surface area contributed by atoms with Gasteiger partial charge in [-0.3, -0.25) is 10.0 Å². The van der Waals surface area contributed by atoms with Crippen LogP contribution in [0.5, 0.6) is 0 Å². The summed E-state index contributed by atoms with van der Waals surface area (Å²) >= 11 is 1.11. The summed E-state index contributed by atoms with van der Waals surface area (Å²) in [5, 5.41) is 19.6. The summed E-state index contributed by atoms with van der Waals surface area (Å²) in [4.78, 5) is 16.0. The van der Waals surface area contributed by atoms with Gasteiger partial charge >= 0.3 is 0 Å². The van der Waals surface area contributed by atoms with Crippen LogP contribution in [0, 0.1) is 5.21 Å². The van der Waals surface area contributed by atoms with Crippen LogP contribution in [0.4, 0.5) is 11.4 Å². The first-order chi connectivity index (χ1) is 10.6. The molecule has 0 spiro atoms. The molecule has 0 aliphatic rings. The Bertz CT molecular complexity index is 675. The van der Waals surface area contributed by atoms with Crippen molar-refractivity contribution < 1.29 is 10.0 Å². The van der Waals surface area contributed by atoms with Crippen molar-refractivity contribution in [2.24, 2.45) is 10.7 Å². The number of aliphatic imine (C=N–C) groups is 1. The number of carbonyl (C=O) groups excluding carboxylic acids is 1. The maximum absolute atomic E-state index is 11.9. The van der Waals surface area contributed by atoms with Gasteiger partial charge in [0, 0.05) is 5.56 Å². The Kier molecular flexibility index (Phi) is 5.54. The van der Waals surface area contributed by atoms with Crippen LogP contribution in [0.3, 0.4) is 0 Å². The van der Waals surface area contributed by atoms with E-state index in [1.807, 2.05) is 6.07 Å². The molecule has 2 aromatic carbocycles. The number of rotatable bonds is 5. The number of thioether (sulfide) groups is 1. The molecule has 0 bridgehead atoms. The quantitative estimate of drug-likeness (QED) is 0.380. The fourth-order valence-corrected chi connectivity index (χ4v) is 2.30. The highest BCUT2D eigenvalue weighted by molar-refractivity contribution is 8.14. The predicted molar refractivity (Wildman–Crippen MR) is 88.6 cm³/mol. The third kappa shape index (κ3) is 4.59. The summed E-state index contributed by atoms with van der Waals surface area (Å²) in [6.07, 6.45) is 0. The molecule has 2 aromatic rings. The molecule has 0 atom stereocenters. The van der Waals surface area contributed by atoms with Crippen LogP contribution in [0.25, 0.3) is 0 Å². The van der Waals surface area contributed by atoms with Crippen LogP contribution in [0.2, 0.25) is 0 Å². The number of hydrogen-bond acceptors (Lipinski definition) is 6. The molecule has 6 nitrogen and oxygen atoms in total. The van der Waals surface area contributed by atoms with Gasteiger partial charge in [-0.1, -0.05) is 48.2 Å². The zero-order chi connectivity index (χ0) is 15.9. The van der Waals surface area contributed by atoms with Gasteiger partial charge in [-0.15, -0.1) is 0 Å². The topological polar surface area (TPSA) is 102 Å². The van der Waals surface area contributed by atoms with E-state index in [9.17, 15) is 10.0 Å². The standard InChI is InChI=1S/C15H14N3O3S/c16-15(17-12-7-4-8-13(9-12)18(20)21)22-10-14(19)11-5-2-1-3-6-11/h1-9,20H,10H2,(H2,16,17)/q-1. The van der Waals surface area contributed by atoms with Crippen LogP contribution < -0.4 is 11.0 Å². The number of hydrogen-bond donors (Lipinski definition) is 2. The minimum absolute atomic E-state index is 0.0430. The molecule has 3 N–H and O–H groups in total. The molecule has 0 unspecified atom stereocenters. The molecule has 0 aliphatic heterocycles. The molecule has 7 heteroatoms. The summed E-state index contributed by atoms with van der Waals surface area (Å²) in [5.74, 6) is 0.130. The molecule has 0 aromatic heterocycles. The molecular formula is C15H14N3O3S-. The van der Waals surface area contributed by atoms with Gasteiger partial charge in [-0.05, 0) is 18.2 Å². The van der Waals surface area contributed by atoms with E-state index in [4.69, 9.17) is 10.9 Å². The number of nitrogens with two attached hydrogens (primary N) is 1. The lowest BCUT2D eigenvalue weighted by Gasteiger charge is -2.21. The summed E-state index contributed by atoms with van der Waals surface area (Å²) in [5.41, 5.74) is 6.86. The zero-order valence-electron chi connectivity index (χ0n) is 11.5. The Morgan fingerprint density at radius 3 is 2.64 bits per heavy atom. The summed E-state index contributed by atoms with van der Waals surface area (Å²) in [6, 6.07) is 14.9. The third-order valence-electron chi connectivity index (χ3n) is 2.74. The lowest BCUT2D eigenvalue weighted by atomic mass is 10.2. The van der Waals surface area contributed by atoms with Gasteiger partial charge in [-0.2, -0.15) is 0 Å². The van der Waals surface area contributed by atoms with Crippen molar-refractivity contribution >= 4 is 34.1 Å². The highest BCUT2D eigenvalue weighted by Gasteiger charge is 2.06. The van der Waals surface area contributed by atoms with E-state index < -0.39 is 0 Å². The normalized spacial score (nSPS) is 11.3. The SMILES string of the molecule is NC(=Nc1cccc(N([O-])O)c1)SCC(=O)c1ccccc1. The van der Waals surface area contributed by atoms with Crippen molar-refractivity contribution in [3.05, 3.63) is 65.4 Å². The molecule has 0 radical (unpaired) electrons. The van der Waals surface area contributed by atoms with E-state index in [1.54, 1.807) is 36.4 Å². The molecular weight excluding hydrogens is 302 g/mol. The zero-order valence-corrected chi connectivity index (χ0v) is 12.4. The average Bonchev–Trinajstić information content (AvgIpc) is 2.53. The Labute approximate surface area is 131 Å². The highest BCUT2D eigenvalue weighted by Crippen LogP contribution is 2.21. The number of carbonyl (C=O) groups is 1. The second-order valence-electron chi connectivity index (χ2n) is 4.32. The van der Waals surface area contributed by atoms with Gasteiger partial charge in [0.2, 0.25) is 0 Å². The number of anilines is 1. The summed E-state index contributed by atoms with van der Waals surface area (Å²) in [6.45, 7) is 0. The fourth-order valence-electron chi connectivity index (χ4n) is 1.69. The van der Waals surface area contributed by atoms with Crippen LogP contribution in [0.15, 0.2) is 59.6 Å². The number of ketones is 1. The van der Waals surface area contributed by atoms with Crippen molar-refractivity contribution in [2.75, 3.05) is 11.0 Å². The average molecular weight is 316 g/mol. The van der Waals surface area contributed by atoms with Crippen LogP contribution in [-0.4, -0.2) is 21.9 Å². The van der Waals surface area contributed by atoms with E-state index in [2.05, 4.69) is 4.99 Å². The summed E-state index contributed by atoms with van der Waals surface area (Å²) < 4.78 is 0. The van der Waals surface area contributed by atoms with Gasteiger partial charge < -0.3 is 16.2 Å². The largest absolute Gasteiger partial charge is 0.733 e. The maximum Gasteiger partial charge on any atom is 0.173 e. The first kappa shape index (κ1) is 16.0. The smallest absolute Gasteiger partial charge is 0.173 e. The number of benzene rings is 2. The minimum atomic E-state index is -0.249. The predicted octanol–water partition coefficient (Wildman–Crippen LogP) is 2.94. The maximum atomic E-state index is 11.9. The fraction of sp³-hybridized carbons (Fsp3) is 0.0667. The Balaban J connectivity index is 1.98. The van der Waals surface area contributed by atoms with Crippen molar-refractivity contribution in [1.29, 1.82) is 0 Å². The molecule has 22 heavy (non-hydrogen) atoms. The Morgan fingerprint density at radius 1 is 1.23 bits per heavy atom. The number of nitrogens with zero attached hydrogens (tertiary/aromatic N) is 2. The Morgan fingerprint density at radius 2 is 1.95 bits per heavy atom. The molecule has 2 rings (SSSR count). The third-order valence-corrected chi connectivity index (χ3v) is 3.53. The van der Waals surface area contributed by atoms with E-state index in [0.717, 1.165) is 11.8 Å². The van der Waals surface area contributed by atoms with Crippen LogP contribution in [0.1, 0.15) is 10.4 Å². The van der Waals surface area contributed by atoms with Crippen molar-refractivity contribution in [3.8, 4) is 0 Å². The van der Waals surface area contributed by atoms with Crippen molar-refractivity contribution in [2.45, 2.75) is 0 Å². The van der Waals surface area contributed by atoms with Crippen molar-refractivity contribution in [3.63, 3.8) is 0 Å². The van der Waals surface area contributed by atoms with Gasteiger partial charge in [0.15, 0.2) is 11.0 Å². The molecule has 0 aliphatic carbocycles. The van der Waals surface area contributed by atoms with E-state index in [-0.39, 0.29) is 27.6 Å². The highest BCUT2D eigenvalue weighted by atomic mass is 32.2. The van der Waals surface area contributed by atoms with Gasteiger partial charge in [0.05, 0.1) is 17.1 Å². The van der Waals surface area contributed by atoms with E-state index >= 15 is 0 Å². The second-order valence-corrected chi connectivity index (χ2v) is 5.32. The molecule has 0 amide bonds. The molecule has 0 heterocycles. The first-order valence-electron chi connectivity index (χ1n) is 6.37. The molecule has 114 valence electrons. The van der Waals surface area contributed by atoms with E-state index in [0.29, 0.717) is 11.3 Å². The van der Waals surface area contributed by atoms with Crippen LogP contribution >= 0.6 is 11.8 Å². The second kappa shape index (κ2) is 7.60. The lowest BCUT2D eigenvalue weighted by Crippen LogP contribution is -2.11. The lowest BCUT2D eigenvalue weighted by molar-refractivity contribution is 0.102. The van der Waals surface area contributed by atoms with E-state index in [1.165, 1.54) is 12.1 Å². The monoisotopic (exact) mass is 316 g/mol. The molecule has 0 fully saturated rings. The van der Waals surface area contributed by atoms with Gasteiger partial charge in [0.25, 0.3) is 0 Å². The van der Waals surface area contributed by atoms with Crippen LogP contribution in [-0.2, 0) is 0 Å².